The fourth-order valence-corrected chi connectivity index (χ4v) is 3.91. The molecule has 1 saturated heterocycles. The molecule has 1 heterocycles. The first kappa shape index (κ1) is 23.9. The molecule has 1 aliphatic rings. The number of nitrogens with zero attached hydrogens (tertiary/aromatic N) is 2. The summed E-state index contributed by atoms with van der Waals surface area (Å²) in [6, 6.07) is 22.5. The minimum absolute atomic E-state index is 0.0352. The van der Waals surface area contributed by atoms with Crippen LogP contribution in [-0.2, 0) is 4.79 Å². The van der Waals surface area contributed by atoms with E-state index < -0.39 is 0 Å². The van der Waals surface area contributed by atoms with E-state index in [4.69, 9.17) is 9.47 Å². The van der Waals surface area contributed by atoms with Crippen molar-refractivity contribution >= 4 is 29.3 Å². The molecule has 180 valence electrons. The topological polar surface area (TPSA) is 71.1 Å². The molecule has 0 atom stereocenters. The number of nitrogens with one attached hydrogen (secondary N) is 1. The first-order chi connectivity index (χ1) is 17.1. The van der Waals surface area contributed by atoms with E-state index in [9.17, 15) is 9.59 Å². The number of hydrogen-bond donors (Lipinski definition) is 1. The number of rotatable bonds is 7. The Labute approximate surface area is 205 Å². The van der Waals surface area contributed by atoms with Crippen molar-refractivity contribution < 1.29 is 19.1 Å². The summed E-state index contributed by atoms with van der Waals surface area (Å²) in [5, 5.41) is 2.88. The van der Waals surface area contributed by atoms with E-state index in [1.807, 2.05) is 53.4 Å². The molecule has 7 heteroatoms. The van der Waals surface area contributed by atoms with E-state index in [2.05, 4.69) is 10.2 Å². The van der Waals surface area contributed by atoms with Crippen molar-refractivity contribution in [2.24, 2.45) is 0 Å². The van der Waals surface area contributed by atoms with Gasteiger partial charge in [-0.2, -0.15) is 0 Å². The molecule has 0 unspecified atom stereocenters. The number of ether oxygens (including phenoxy) is 2. The first-order valence-corrected chi connectivity index (χ1v) is 11.5. The Morgan fingerprint density at radius 3 is 1.91 bits per heavy atom. The van der Waals surface area contributed by atoms with Crippen molar-refractivity contribution in [2.45, 2.75) is 0 Å². The molecule has 0 saturated carbocycles. The van der Waals surface area contributed by atoms with Crippen molar-refractivity contribution in [3.05, 3.63) is 90.0 Å². The maximum absolute atomic E-state index is 12.8. The number of piperazine rings is 1. The summed E-state index contributed by atoms with van der Waals surface area (Å²) in [6.07, 6.45) is 3.27. The predicted octanol–water partition coefficient (Wildman–Crippen LogP) is 4.32. The van der Waals surface area contributed by atoms with Gasteiger partial charge in [0.15, 0.2) is 0 Å². The largest absolute Gasteiger partial charge is 0.497 e. The second-order valence-corrected chi connectivity index (χ2v) is 8.15. The summed E-state index contributed by atoms with van der Waals surface area (Å²) in [5.74, 6) is 1.35. The van der Waals surface area contributed by atoms with Crippen LogP contribution in [0.5, 0.6) is 11.5 Å². The first-order valence-electron chi connectivity index (χ1n) is 11.5. The molecule has 35 heavy (non-hydrogen) atoms. The number of hydrogen-bond acceptors (Lipinski definition) is 5. The van der Waals surface area contributed by atoms with Crippen LogP contribution in [0.4, 0.5) is 11.4 Å². The summed E-state index contributed by atoms with van der Waals surface area (Å²) in [5.41, 5.74) is 3.38. The van der Waals surface area contributed by atoms with Gasteiger partial charge in [0, 0.05) is 49.2 Å². The predicted molar refractivity (Wildman–Crippen MR) is 138 cm³/mol. The van der Waals surface area contributed by atoms with Crippen LogP contribution >= 0.6 is 0 Å². The number of carbonyl (C=O) groups excluding carboxylic acids is 2. The van der Waals surface area contributed by atoms with Gasteiger partial charge >= 0.3 is 0 Å². The van der Waals surface area contributed by atoms with Gasteiger partial charge in [0.25, 0.3) is 5.91 Å². The molecule has 3 aromatic rings. The molecular formula is C28H29N3O4. The fourth-order valence-electron chi connectivity index (χ4n) is 3.91. The molecule has 0 bridgehead atoms. The Bertz CT molecular complexity index is 1160. The average molecular weight is 472 g/mol. The Morgan fingerprint density at radius 2 is 1.34 bits per heavy atom. The van der Waals surface area contributed by atoms with Gasteiger partial charge in [-0.15, -0.1) is 0 Å². The zero-order valence-corrected chi connectivity index (χ0v) is 19.9. The van der Waals surface area contributed by atoms with Crippen molar-refractivity contribution in [3.63, 3.8) is 0 Å². The molecular weight excluding hydrogens is 442 g/mol. The lowest BCUT2D eigenvalue weighted by Gasteiger charge is -2.36. The highest BCUT2D eigenvalue weighted by molar-refractivity contribution is 6.02. The molecule has 7 nitrogen and oxygen atoms in total. The second kappa shape index (κ2) is 11.2. The number of anilines is 2. The van der Waals surface area contributed by atoms with Crippen LogP contribution in [0.25, 0.3) is 6.08 Å². The smallest absolute Gasteiger partial charge is 0.253 e. The molecule has 1 N–H and O–H groups in total. The number of benzene rings is 3. The fraction of sp³-hybridized carbons (Fsp3) is 0.214. The Hall–Kier alpha value is -4.26. The third kappa shape index (κ3) is 6.20. The standard InChI is InChI=1S/C28H29N3O4/c1-34-25-12-3-21(4-13-25)5-16-27(32)29-23-8-10-24(11-9-23)30-17-19-31(20-18-30)28(33)22-6-14-26(35-2)15-7-22/h3-16H,17-20H2,1-2H3,(H,29,32)/b16-5+. The zero-order valence-electron chi connectivity index (χ0n) is 19.9. The van der Waals surface area contributed by atoms with Crippen molar-refractivity contribution in [2.75, 3.05) is 50.6 Å². The van der Waals surface area contributed by atoms with Gasteiger partial charge in [-0.1, -0.05) is 12.1 Å². The molecule has 1 fully saturated rings. The van der Waals surface area contributed by atoms with E-state index >= 15 is 0 Å². The van der Waals surface area contributed by atoms with E-state index in [-0.39, 0.29) is 11.8 Å². The minimum Gasteiger partial charge on any atom is -0.497 e. The monoisotopic (exact) mass is 471 g/mol. The lowest BCUT2D eigenvalue weighted by molar-refractivity contribution is -0.111. The highest BCUT2D eigenvalue weighted by Gasteiger charge is 2.22. The number of amides is 2. The molecule has 4 rings (SSSR count). The van der Waals surface area contributed by atoms with E-state index in [1.165, 1.54) is 6.08 Å². The Kier molecular flexibility index (Phi) is 7.67. The maximum atomic E-state index is 12.8. The van der Waals surface area contributed by atoms with Crippen LogP contribution < -0.4 is 19.7 Å². The molecule has 0 aromatic heterocycles. The molecule has 1 aliphatic heterocycles. The quantitative estimate of drug-likeness (QED) is 0.520. The van der Waals surface area contributed by atoms with Gasteiger partial charge in [-0.25, -0.2) is 0 Å². The van der Waals surface area contributed by atoms with Crippen LogP contribution in [0.2, 0.25) is 0 Å². The van der Waals surface area contributed by atoms with Crippen molar-refractivity contribution in [1.82, 2.24) is 4.90 Å². The van der Waals surface area contributed by atoms with Gasteiger partial charge in [-0.05, 0) is 72.3 Å². The molecule has 0 aliphatic carbocycles. The van der Waals surface area contributed by atoms with Crippen molar-refractivity contribution in [1.29, 1.82) is 0 Å². The van der Waals surface area contributed by atoms with Crippen LogP contribution in [-0.4, -0.2) is 57.1 Å². The molecule has 0 spiro atoms. The van der Waals surface area contributed by atoms with Crippen LogP contribution in [0, 0.1) is 0 Å². The van der Waals surface area contributed by atoms with Gasteiger partial charge in [0.1, 0.15) is 11.5 Å². The number of carbonyl (C=O) groups is 2. The van der Waals surface area contributed by atoms with E-state index in [0.29, 0.717) is 18.7 Å². The third-order valence-electron chi connectivity index (χ3n) is 5.95. The SMILES string of the molecule is COc1ccc(/C=C/C(=O)Nc2ccc(N3CCN(C(=O)c4ccc(OC)cc4)CC3)cc2)cc1. The van der Waals surface area contributed by atoms with Crippen LogP contribution in [0.3, 0.4) is 0 Å². The third-order valence-corrected chi connectivity index (χ3v) is 5.95. The Morgan fingerprint density at radius 1 is 0.771 bits per heavy atom. The molecule has 3 aromatic carbocycles. The Balaban J connectivity index is 1.27. The van der Waals surface area contributed by atoms with Gasteiger partial charge in [0.2, 0.25) is 5.91 Å². The number of methoxy groups -OCH3 is 2. The highest BCUT2D eigenvalue weighted by atomic mass is 16.5. The summed E-state index contributed by atoms with van der Waals surface area (Å²) in [7, 11) is 3.23. The normalized spacial score (nSPS) is 13.5. The van der Waals surface area contributed by atoms with Crippen molar-refractivity contribution in [3.8, 4) is 11.5 Å². The summed E-state index contributed by atoms with van der Waals surface area (Å²) < 4.78 is 10.3. The maximum Gasteiger partial charge on any atom is 0.253 e. The van der Waals surface area contributed by atoms with Crippen LogP contribution in [0.15, 0.2) is 78.9 Å². The van der Waals surface area contributed by atoms with Gasteiger partial charge < -0.3 is 24.6 Å². The average Bonchev–Trinajstić information content (AvgIpc) is 2.92. The van der Waals surface area contributed by atoms with E-state index in [0.717, 1.165) is 41.5 Å². The summed E-state index contributed by atoms with van der Waals surface area (Å²) in [6.45, 7) is 2.80. The lowest BCUT2D eigenvalue weighted by atomic mass is 10.1. The van der Waals surface area contributed by atoms with E-state index in [1.54, 1.807) is 44.6 Å². The van der Waals surface area contributed by atoms with Gasteiger partial charge in [-0.3, -0.25) is 9.59 Å². The zero-order chi connectivity index (χ0) is 24.6. The highest BCUT2D eigenvalue weighted by Crippen LogP contribution is 2.21. The summed E-state index contributed by atoms with van der Waals surface area (Å²) in [4.78, 5) is 29.2. The van der Waals surface area contributed by atoms with Crippen LogP contribution in [0.1, 0.15) is 15.9 Å². The molecule has 2 amide bonds. The summed E-state index contributed by atoms with van der Waals surface area (Å²) >= 11 is 0. The lowest BCUT2D eigenvalue weighted by Crippen LogP contribution is -2.48. The minimum atomic E-state index is -0.195. The molecule has 0 radical (unpaired) electrons. The second-order valence-electron chi connectivity index (χ2n) is 8.15. The van der Waals surface area contributed by atoms with Gasteiger partial charge in [0.05, 0.1) is 14.2 Å².